The number of aryl methyl sites for hydroxylation is 1. The average Bonchev–Trinajstić information content (AvgIpc) is 2.58. The van der Waals surface area contributed by atoms with Gasteiger partial charge < -0.3 is 19.1 Å². The van der Waals surface area contributed by atoms with Crippen LogP contribution in [-0.2, 0) is 7.05 Å². The van der Waals surface area contributed by atoms with Crippen molar-refractivity contribution in [2.45, 2.75) is 0 Å². The van der Waals surface area contributed by atoms with E-state index in [4.69, 9.17) is 4.74 Å². The maximum Gasteiger partial charge on any atom is 0.328 e. The number of H-pyrrole nitrogens is 1. The molecule has 8 nitrogen and oxygen atoms in total. The fraction of sp³-hybridized carbons (Fsp3) is 0.312. The Kier molecular flexibility index (Phi) is 3.19. The maximum atomic E-state index is 12.9. The predicted molar refractivity (Wildman–Crippen MR) is 88.1 cm³/mol. The van der Waals surface area contributed by atoms with Crippen molar-refractivity contribution < 1.29 is 9.53 Å². The zero-order valence-electron chi connectivity index (χ0n) is 13.1. The molecule has 1 amide bonds. The summed E-state index contributed by atoms with van der Waals surface area (Å²) < 4.78 is 6.86. The lowest BCUT2D eigenvalue weighted by atomic mass is 10.1. The number of anilines is 2. The number of amides is 1. The van der Waals surface area contributed by atoms with Crippen LogP contribution in [0, 0.1) is 0 Å². The normalized spacial score (nSPS) is 15.7. The monoisotopic (exact) mass is 328 g/mol. The number of aromatic amines is 1. The van der Waals surface area contributed by atoms with Crippen molar-refractivity contribution in [3.63, 3.8) is 0 Å². The Labute approximate surface area is 136 Å². The highest BCUT2D eigenvalue weighted by molar-refractivity contribution is 6.08. The van der Waals surface area contributed by atoms with Crippen LogP contribution < -0.4 is 25.8 Å². The van der Waals surface area contributed by atoms with Crippen LogP contribution >= 0.6 is 0 Å². The highest BCUT2D eigenvalue weighted by atomic mass is 16.5. The van der Waals surface area contributed by atoms with Gasteiger partial charge in [-0.2, -0.15) is 0 Å². The van der Waals surface area contributed by atoms with Crippen molar-refractivity contribution in [3.05, 3.63) is 50.8 Å². The van der Waals surface area contributed by atoms with Crippen molar-refractivity contribution in [1.82, 2.24) is 9.55 Å². The Morgan fingerprint density at radius 3 is 2.88 bits per heavy atom. The van der Waals surface area contributed by atoms with E-state index in [0.29, 0.717) is 19.7 Å². The number of hydrogen-bond acceptors (Lipinski definition) is 5. The van der Waals surface area contributed by atoms with E-state index in [-0.39, 0.29) is 5.56 Å². The highest BCUT2D eigenvalue weighted by Crippen LogP contribution is 2.42. The van der Waals surface area contributed by atoms with E-state index in [1.807, 2.05) is 18.2 Å². The Morgan fingerprint density at radius 1 is 1.21 bits per heavy atom. The minimum absolute atomic E-state index is 0.0557. The summed E-state index contributed by atoms with van der Waals surface area (Å²) in [5.74, 6) is 0.316. The topological polar surface area (TPSA) is 87.6 Å². The smallest absolute Gasteiger partial charge is 0.328 e. The first-order chi connectivity index (χ1) is 11.6. The zero-order valence-corrected chi connectivity index (χ0v) is 13.1. The summed E-state index contributed by atoms with van der Waals surface area (Å²) in [6.07, 6.45) is 1.28. The van der Waals surface area contributed by atoms with Crippen LogP contribution in [0.1, 0.15) is 10.4 Å². The van der Waals surface area contributed by atoms with Gasteiger partial charge in [-0.05, 0) is 12.1 Å². The first-order valence-corrected chi connectivity index (χ1v) is 7.69. The molecule has 0 spiro atoms. The molecule has 1 aromatic heterocycles. The van der Waals surface area contributed by atoms with E-state index >= 15 is 0 Å². The van der Waals surface area contributed by atoms with Gasteiger partial charge in [0.05, 0.1) is 12.2 Å². The van der Waals surface area contributed by atoms with Gasteiger partial charge in [0.2, 0.25) is 0 Å². The third-order valence-corrected chi connectivity index (χ3v) is 4.38. The molecular formula is C16H16N4O4. The number of benzene rings is 1. The number of aromatic nitrogens is 2. The minimum Gasteiger partial charge on any atom is -0.489 e. The summed E-state index contributed by atoms with van der Waals surface area (Å²) in [4.78, 5) is 42.3. The molecule has 1 N–H and O–H groups in total. The molecule has 0 saturated heterocycles. The molecule has 2 aromatic rings. The Bertz CT molecular complexity index is 946. The molecule has 4 rings (SSSR count). The largest absolute Gasteiger partial charge is 0.489 e. The quantitative estimate of drug-likeness (QED) is 0.792. The van der Waals surface area contributed by atoms with Gasteiger partial charge in [-0.3, -0.25) is 14.6 Å². The molecule has 2 aliphatic heterocycles. The standard InChI is InChI=1S/C16H16N4O4/c1-18-9-10(14(21)17-16(18)23)15(22)20-6-5-19-7-8-24-12-4-2-3-11(20)13(12)19/h2-4,9H,5-8H2,1H3,(H,17,21,23). The van der Waals surface area contributed by atoms with Gasteiger partial charge in [0.15, 0.2) is 0 Å². The van der Waals surface area contributed by atoms with E-state index < -0.39 is 17.2 Å². The van der Waals surface area contributed by atoms with Crippen LogP contribution in [-0.4, -0.2) is 41.7 Å². The summed E-state index contributed by atoms with van der Waals surface area (Å²) in [5, 5.41) is 0. The zero-order chi connectivity index (χ0) is 16.8. The molecule has 0 saturated carbocycles. The van der Waals surface area contributed by atoms with Crippen molar-refractivity contribution in [2.75, 3.05) is 36.0 Å². The SMILES string of the molecule is Cn1cc(C(=O)N2CCN3CCOc4cccc2c43)c(=O)[nH]c1=O. The summed E-state index contributed by atoms with van der Waals surface area (Å²) in [6, 6.07) is 5.54. The van der Waals surface area contributed by atoms with Crippen molar-refractivity contribution in [3.8, 4) is 5.75 Å². The first-order valence-electron chi connectivity index (χ1n) is 7.69. The molecule has 124 valence electrons. The number of ether oxygens (including phenoxy) is 1. The van der Waals surface area contributed by atoms with Gasteiger partial charge >= 0.3 is 5.69 Å². The number of hydrogen-bond donors (Lipinski definition) is 1. The van der Waals surface area contributed by atoms with Crippen LogP contribution in [0.2, 0.25) is 0 Å². The molecule has 0 bridgehead atoms. The fourth-order valence-electron chi connectivity index (χ4n) is 3.18. The minimum atomic E-state index is -0.674. The molecule has 1 aromatic carbocycles. The number of carbonyl (C=O) groups is 1. The van der Waals surface area contributed by atoms with Crippen LogP contribution in [0.4, 0.5) is 11.4 Å². The highest BCUT2D eigenvalue weighted by Gasteiger charge is 2.32. The second kappa shape index (κ2) is 5.26. The average molecular weight is 328 g/mol. The van der Waals surface area contributed by atoms with Crippen molar-refractivity contribution in [2.24, 2.45) is 7.05 Å². The van der Waals surface area contributed by atoms with E-state index in [1.54, 1.807) is 4.90 Å². The second-order valence-corrected chi connectivity index (χ2v) is 5.83. The molecule has 0 unspecified atom stereocenters. The summed E-state index contributed by atoms with van der Waals surface area (Å²) in [5.41, 5.74) is 0.319. The van der Waals surface area contributed by atoms with E-state index in [0.717, 1.165) is 23.7 Å². The van der Waals surface area contributed by atoms with Crippen molar-refractivity contribution >= 4 is 17.3 Å². The summed E-state index contributed by atoms with van der Waals surface area (Å²) in [7, 11) is 1.49. The summed E-state index contributed by atoms with van der Waals surface area (Å²) >= 11 is 0. The molecule has 3 heterocycles. The number of para-hydroxylation sites is 1. The van der Waals surface area contributed by atoms with Gasteiger partial charge in [-0.1, -0.05) is 6.07 Å². The van der Waals surface area contributed by atoms with Gasteiger partial charge in [0, 0.05) is 26.3 Å². The summed E-state index contributed by atoms with van der Waals surface area (Å²) in [6.45, 7) is 2.53. The van der Waals surface area contributed by atoms with Crippen LogP contribution in [0.5, 0.6) is 5.75 Å². The molecule has 0 aliphatic carbocycles. The van der Waals surface area contributed by atoms with Crippen LogP contribution in [0.15, 0.2) is 34.0 Å². The Hall–Kier alpha value is -3.03. The van der Waals surface area contributed by atoms with Crippen molar-refractivity contribution in [1.29, 1.82) is 0 Å². The number of nitrogens with one attached hydrogen (secondary N) is 1. The van der Waals surface area contributed by atoms with Gasteiger partial charge in [-0.25, -0.2) is 4.79 Å². The molecule has 0 radical (unpaired) electrons. The molecule has 0 atom stereocenters. The van der Waals surface area contributed by atoms with Gasteiger partial charge in [-0.15, -0.1) is 0 Å². The lowest BCUT2D eigenvalue weighted by Gasteiger charge is -2.40. The third kappa shape index (κ3) is 2.10. The van der Waals surface area contributed by atoms with Gasteiger partial charge in [0.25, 0.3) is 11.5 Å². The maximum absolute atomic E-state index is 12.9. The second-order valence-electron chi connectivity index (χ2n) is 5.83. The fourth-order valence-corrected chi connectivity index (χ4v) is 3.18. The molecular weight excluding hydrogens is 312 g/mol. The van der Waals surface area contributed by atoms with Crippen LogP contribution in [0.3, 0.4) is 0 Å². The van der Waals surface area contributed by atoms with E-state index in [1.165, 1.54) is 17.8 Å². The third-order valence-electron chi connectivity index (χ3n) is 4.38. The number of nitrogens with zero attached hydrogens (tertiary/aromatic N) is 3. The molecule has 8 heteroatoms. The van der Waals surface area contributed by atoms with E-state index in [2.05, 4.69) is 9.88 Å². The molecule has 0 fully saturated rings. The number of carbonyl (C=O) groups excluding carboxylic acids is 1. The predicted octanol–water partition coefficient (Wildman–Crippen LogP) is -0.0672. The molecule has 2 aliphatic rings. The molecule has 24 heavy (non-hydrogen) atoms. The van der Waals surface area contributed by atoms with E-state index in [9.17, 15) is 14.4 Å². The first kappa shape index (κ1) is 14.6. The lowest BCUT2D eigenvalue weighted by Crippen LogP contribution is -2.48. The lowest BCUT2D eigenvalue weighted by molar-refractivity contribution is 0.0984. The Balaban J connectivity index is 1.81. The van der Waals surface area contributed by atoms with Crippen LogP contribution in [0.25, 0.3) is 0 Å². The Morgan fingerprint density at radius 2 is 2.04 bits per heavy atom. The van der Waals surface area contributed by atoms with Gasteiger partial charge in [0.1, 0.15) is 23.6 Å². The number of rotatable bonds is 1.